The van der Waals surface area contributed by atoms with Crippen molar-refractivity contribution < 1.29 is 27.5 Å². The van der Waals surface area contributed by atoms with Gasteiger partial charge < -0.3 is 14.8 Å². The summed E-state index contributed by atoms with van der Waals surface area (Å²) in [5.41, 5.74) is -0.614. The van der Waals surface area contributed by atoms with Gasteiger partial charge in [0, 0.05) is 13.0 Å². The van der Waals surface area contributed by atoms with Gasteiger partial charge in [0.05, 0.1) is 18.6 Å². The average Bonchev–Trinajstić information content (AvgIpc) is 2.58. The number of carbonyl (C=O) groups excluding carboxylic acids is 2. The fourth-order valence-corrected chi connectivity index (χ4v) is 4.49. The lowest BCUT2D eigenvalue weighted by atomic mass is 9.93. The third-order valence-corrected chi connectivity index (χ3v) is 5.04. The van der Waals surface area contributed by atoms with E-state index < -0.39 is 27.5 Å². The number of amides is 1. The Bertz CT molecular complexity index is 493. The molecule has 8 heteroatoms. The summed E-state index contributed by atoms with van der Waals surface area (Å²) in [6, 6.07) is 0. The first-order chi connectivity index (χ1) is 9.52. The number of sulfone groups is 1. The van der Waals surface area contributed by atoms with E-state index in [1.54, 1.807) is 20.8 Å². The van der Waals surface area contributed by atoms with Gasteiger partial charge in [0.25, 0.3) is 0 Å². The Kier molecular flexibility index (Phi) is 5.61. The van der Waals surface area contributed by atoms with Crippen LogP contribution in [-0.2, 0) is 24.1 Å². The van der Waals surface area contributed by atoms with Gasteiger partial charge in [-0.05, 0) is 32.6 Å². The summed E-state index contributed by atoms with van der Waals surface area (Å²) in [6.07, 6.45) is -0.556. The first-order valence-corrected chi connectivity index (χ1v) is 8.58. The zero-order chi connectivity index (χ0) is 16.3. The van der Waals surface area contributed by atoms with Gasteiger partial charge >= 0.3 is 12.1 Å². The van der Waals surface area contributed by atoms with Gasteiger partial charge in [-0.2, -0.15) is 0 Å². The van der Waals surface area contributed by atoms with Crippen LogP contribution in [0.15, 0.2) is 0 Å². The molecule has 0 aromatic rings. The fourth-order valence-electron chi connectivity index (χ4n) is 2.27. The number of hydrogen-bond donors (Lipinski definition) is 1. The maximum atomic E-state index is 11.7. The SMILES string of the molecule is COC(=O)C[C@H]1CS(=O)(=O)C[C@H]1CNC(=O)OC(C)(C)C. The number of rotatable bonds is 4. The summed E-state index contributed by atoms with van der Waals surface area (Å²) >= 11 is 0. The van der Waals surface area contributed by atoms with Crippen LogP contribution in [0.5, 0.6) is 0 Å². The van der Waals surface area contributed by atoms with Crippen LogP contribution in [0.2, 0.25) is 0 Å². The highest BCUT2D eigenvalue weighted by molar-refractivity contribution is 7.91. The molecule has 0 aromatic heterocycles. The fraction of sp³-hybridized carbons (Fsp3) is 0.846. The maximum absolute atomic E-state index is 11.7. The van der Waals surface area contributed by atoms with Gasteiger partial charge in [0.15, 0.2) is 9.84 Å². The van der Waals surface area contributed by atoms with Crippen molar-refractivity contribution >= 4 is 21.9 Å². The molecule has 2 atom stereocenters. The van der Waals surface area contributed by atoms with E-state index in [1.165, 1.54) is 7.11 Å². The predicted molar refractivity (Wildman–Crippen MR) is 76.5 cm³/mol. The Hall–Kier alpha value is -1.31. The lowest BCUT2D eigenvalue weighted by Gasteiger charge is -2.22. The molecule has 0 spiro atoms. The van der Waals surface area contributed by atoms with Crippen molar-refractivity contribution in [2.24, 2.45) is 11.8 Å². The molecule has 1 aliphatic heterocycles. The van der Waals surface area contributed by atoms with E-state index in [-0.39, 0.29) is 36.3 Å². The molecular formula is C13H23NO6S. The molecule has 1 rings (SSSR count). The Morgan fingerprint density at radius 2 is 1.76 bits per heavy atom. The summed E-state index contributed by atoms with van der Waals surface area (Å²) in [4.78, 5) is 22.9. The predicted octanol–water partition coefficient (Wildman–Crippen LogP) is 0.735. The molecule has 1 aliphatic rings. The summed E-state index contributed by atoms with van der Waals surface area (Å²) in [5.74, 6) is -1.17. The van der Waals surface area contributed by atoms with Gasteiger partial charge in [0.1, 0.15) is 5.60 Å². The van der Waals surface area contributed by atoms with Crippen LogP contribution in [0.25, 0.3) is 0 Å². The zero-order valence-corrected chi connectivity index (χ0v) is 13.7. The molecule has 1 heterocycles. The molecule has 0 aliphatic carbocycles. The molecule has 1 fully saturated rings. The minimum Gasteiger partial charge on any atom is -0.469 e. The minimum absolute atomic E-state index is 0.0372. The Morgan fingerprint density at radius 1 is 1.19 bits per heavy atom. The van der Waals surface area contributed by atoms with Crippen LogP contribution in [0, 0.1) is 11.8 Å². The van der Waals surface area contributed by atoms with Crippen LogP contribution >= 0.6 is 0 Å². The topological polar surface area (TPSA) is 98.8 Å². The molecule has 0 bridgehead atoms. The number of alkyl carbamates (subject to hydrolysis) is 1. The van der Waals surface area contributed by atoms with E-state index in [1.807, 2.05) is 0 Å². The second kappa shape index (κ2) is 6.64. The van der Waals surface area contributed by atoms with E-state index in [4.69, 9.17) is 4.74 Å². The second-order valence-corrected chi connectivity index (χ2v) is 8.41. The molecule has 1 N–H and O–H groups in total. The average molecular weight is 321 g/mol. The van der Waals surface area contributed by atoms with Crippen LogP contribution in [0.4, 0.5) is 4.79 Å². The van der Waals surface area contributed by atoms with E-state index in [2.05, 4.69) is 10.1 Å². The van der Waals surface area contributed by atoms with Gasteiger partial charge in [-0.3, -0.25) is 4.79 Å². The van der Waals surface area contributed by atoms with Crippen molar-refractivity contribution in [1.82, 2.24) is 5.32 Å². The first kappa shape index (κ1) is 17.7. The van der Waals surface area contributed by atoms with Gasteiger partial charge in [-0.1, -0.05) is 0 Å². The number of esters is 1. The van der Waals surface area contributed by atoms with Crippen LogP contribution in [0.1, 0.15) is 27.2 Å². The molecule has 0 aromatic carbocycles. The quantitative estimate of drug-likeness (QED) is 0.767. The first-order valence-electron chi connectivity index (χ1n) is 6.76. The van der Waals surface area contributed by atoms with Gasteiger partial charge in [-0.15, -0.1) is 0 Å². The van der Waals surface area contributed by atoms with Crippen molar-refractivity contribution in [3.05, 3.63) is 0 Å². The third kappa shape index (κ3) is 6.33. The largest absolute Gasteiger partial charge is 0.469 e. The molecule has 0 radical (unpaired) electrons. The zero-order valence-electron chi connectivity index (χ0n) is 12.8. The Morgan fingerprint density at radius 3 is 2.29 bits per heavy atom. The van der Waals surface area contributed by atoms with E-state index >= 15 is 0 Å². The summed E-state index contributed by atoms with van der Waals surface area (Å²) in [6.45, 7) is 5.39. The van der Waals surface area contributed by atoms with Gasteiger partial charge in [-0.25, -0.2) is 13.2 Å². The standard InChI is InChI=1S/C13H23NO6S/c1-13(2,3)20-12(16)14-6-10-8-21(17,18)7-9(10)5-11(15)19-4/h9-10H,5-8H2,1-4H3,(H,14,16)/t9-,10+/m0/s1. The lowest BCUT2D eigenvalue weighted by molar-refractivity contribution is -0.141. The highest BCUT2D eigenvalue weighted by Gasteiger charge is 2.39. The van der Waals surface area contributed by atoms with Crippen molar-refractivity contribution in [2.75, 3.05) is 25.2 Å². The normalized spacial score (nSPS) is 24.4. The molecule has 1 saturated heterocycles. The Balaban J connectivity index is 2.58. The van der Waals surface area contributed by atoms with Crippen LogP contribution < -0.4 is 5.32 Å². The maximum Gasteiger partial charge on any atom is 0.407 e. The van der Waals surface area contributed by atoms with Crippen molar-refractivity contribution in [3.8, 4) is 0 Å². The number of methoxy groups -OCH3 is 1. The smallest absolute Gasteiger partial charge is 0.407 e. The number of carbonyl (C=O) groups is 2. The van der Waals surface area contributed by atoms with Crippen molar-refractivity contribution in [1.29, 1.82) is 0 Å². The van der Waals surface area contributed by atoms with E-state index in [0.717, 1.165) is 0 Å². The van der Waals surface area contributed by atoms with E-state index in [0.29, 0.717) is 0 Å². The summed E-state index contributed by atoms with van der Waals surface area (Å²) in [7, 11) is -1.92. The van der Waals surface area contributed by atoms with Crippen LogP contribution in [0.3, 0.4) is 0 Å². The molecule has 122 valence electrons. The van der Waals surface area contributed by atoms with Gasteiger partial charge in [0.2, 0.25) is 0 Å². The third-order valence-electron chi connectivity index (χ3n) is 3.17. The van der Waals surface area contributed by atoms with E-state index in [9.17, 15) is 18.0 Å². The highest BCUT2D eigenvalue weighted by atomic mass is 32.2. The van der Waals surface area contributed by atoms with Crippen LogP contribution in [-0.4, -0.2) is 51.2 Å². The van der Waals surface area contributed by atoms with Crippen molar-refractivity contribution in [3.63, 3.8) is 0 Å². The number of hydrogen-bond acceptors (Lipinski definition) is 6. The minimum atomic E-state index is -3.18. The Labute approximate surface area is 125 Å². The summed E-state index contributed by atoms with van der Waals surface area (Å²) < 4.78 is 33.1. The number of ether oxygens (including phenoxy) is 2. The molecular weight excluding hydrogens is 298 g/mol. The van der Waals surface area contributed by atoms with Crippen molar-refractivity contribution in [2.45, 2.75) is 32.8 Å². The highest BCUT2D eigenvalue weighted by Crippen LogP contribution is 2.28. The molecule has 0 unspecified atom stereocenters. The monoisotopic (exact) mass is 321 g/mol. The molecule has 21 heavy (non-hydrogen) atoms. The lowest BCUT2D eigenvalue weighted by Crippen LogP contribution is -2.37. The second-order valence-electron chi connectivity index (χ2n) is 6.26. The number of nitrogens with one attached hydrogen (secondary N) is 1. The summed E-state index contributed by atoms with van der Waals surface area (Å²) in [5, 5.41) is 2.56. The molecule has 0 saturated carbocycles. The molecule has 7 nitrogen and oxygen atoms in total. The molecule has 1 amide bonds.